The topological polar surface area (TPSA) is 73.1 Å². The third kappa shape index (κ3) is 2.88. The summed E-state index contributed by atoms with van der Waals surface area (Å²) in [4.78, 5) is 7.91. The van der Waals surface area contributed by atoms with Crippen LogP contribution in [-0.2, 0) is 6.42 Å². The molecule has 2 aromatic rings. The third-order valence-electron chi connectivity index (χ3n) is 2.36. The van der Waals surface area contributed by atoms with E-state index in [1.165, 1.54) is 11.8 Å². The maximum Gasteiger partial charge on any atom is 0.243 e. The number of halogens is 1. The number of hydrazine groups is 1. The number of ether oxygens (including phenoxy) is 1. The first-order chi connectivity index (χ1) is 8.72. The highest BCUT2D eigenvalue weighted by Crippen LogP contribution is 2.27. The Bertz CT molecular complexity index is 547. The van der Waals surface area contributed by atoms with E-state index < -0.39 is 0 Å². The smallest absolute Gasteiger partial charge is 0.243 e. The number of anilines is 1. The standard InChI is InChI=1S/C12H13ClN4O/c1-2-8-4-3-5-9(6-8)18-11-10(13)7-15-12(16-11)17-14/h3-7H,2,14H2,1H3,(H,15,16,17). The highest BCUT2D eigenvalue weighted by atomic mass is 35.5. The summed E-state index contributed by atoms with van der Waals surface area (Å²) in [5.74, 6) is 6.43. The van der Waals surface area contributed by atoms with Gasteiger partial charge < -0.3 is 4.74 Å². The number of aryl methyl sites for hydroxylation is 1. The molecule has 1 heterocycles. The second-order valence-electron chi connectivity index (χ2n) is 3.59. The fourth-order valence-corrected chi connectivity index (χ4v) is 1.56. The lowest BCUT2D eigenvalue weighted by atomic mass is 10.2. The summed E-state index contributed by atoms with van der Waals surface area (Å²) in [7, 11) is 0. The van der Waals surface area contributed by atoms with E-state index in [-0.39, 0.29) is 11.8 Å². The lowest BCUT2D eigenvalue weighted by Crippen LogP contribution is -2.10. The van der Waals surface area contributed by atoms with E-state index in [1.54, 1.807) is 0 Å². The van der Waals surface area contributed by atoms with Crippen LogP contribution in [0.15, 0.2) is 30.5 Å². The number of nitrogens with one attached hydrogen (secondary N) is 1. The average Bonchev–Trinajstić information content (AvgIpc) is 2.41. The van der Waals surface area contributed by atoms with Crippen LogP contribution in [0.4, 0.5) is 5.95 Å². The van der Waals surface area contributed by atoms with Crippen LogP contribution < -0.4 is 16.0 Å². The molecule has 0 aliphatic heterocycles. The minimum absolute atomic E-state index is 0.251. The molecule has 94 valence electrons. The molecule has 3 N–H and O–H groups in total. The molecule has 0 bridgehead atoms. The lowest BCUT2D eigenvalue weighted by Gasteiger charge is -2.08. The molecule has 0 aliphatic carbocycles. The lowest BCUT2D eigenvalue weighted by molar-refractivity contribution is 0.462. The molecule has 0 atom stereocenters. The molecule has 0 saturated heterocycles. The summed E-state index contributed by atoms with van der Waals surface area (Å²) >= 11 is 5.96. The van der Waals surface area contributed by atoms with Crippen LogP contribution in [0.5, 0.6) is 11.6 Å². The van der Waals surface area contributed by atoms with Gasteiger partial charge in [-0.15, -0.1) is 0 Å². The molecule has 0 saturated carbocycles. The Labute approximate surface area is 110 Å². The molecule has 0 unspecified atom stereocenters. The number of hydrogen-bond donors (Lipinski definition) is 2. The number of aromatic nitrogens is 2. The Hall–Kier alpha value is -1.85. The maximum absolute atomic E-state index is 5.96. The van der Waals surface area contributed by atoms with Crippen LogP contribution in [-0.4, -0.2) is 9.97 Å². The summed E-state index contributed by atoms with van der Waals surface area (Å²) in [5.41, 5.74) is 3.52. The van der Waals surface area contributed by atoms with E-state index in [1.807, 2.05) is 24.3 Å². The molecule has 18 heavy (non-hydrogen) atoms. The fraction of sp³-hybridized carbons (Fsp3) is 0.167. The second kappa shape index (κ2) is 5.66. The van der Waals surface area contributed by atoms with E-state index in [4.69, 9.17) is 22.2 Å². The van der Waals surface area contributed by atoms with Crippen LogP contribution >= 0.6 is 11.6 Å². The Balaban J connectivity index is 2.27. The molecule has 0 spiro atoms. The summed E-state index contributed by atoms with van der Waals surface area (Å²) in [6.45, 7) is 2.08. The Kier molecular flexibility index (Phi) is 3.96. The van der Waals surface area contributed by atoms with Crippen LogP contribution in [0.25, 0.3) is 0 Å². The fourth-order valence-electron chi connectivity index (χ4n) is 1.43. The normalized spacial score (nSPS) is 10.2. The van der Waals surface area contributed by atoms with Crippen molar-refractivity contribution in [3.8, 4) is 11.6 Å². The Morgan fingerprint density at radius 1 is 1.44 bits per heavy atom. The first kappa shape index (κ1) is 12.6. The van der Waals surface area contributed by atoms with Crippen molar-refractivity contribution in [2.45, 2.75) is 13.3 Å². The van der Waals surface area contributed by atoms with E-state index in [9.17, 15) is 0 Å². The molecule has 0 aliphatic rings. The van der Waals surface area contributed by atoms with Gasteiger partial charge >= 0.3 is 0 Å². The first-order valence-corrected chi connectivity index (χ1v) is 5.86. The molecular formula is C12H13ClN4O. The number of nitrogen functional groups attached to an aromatic ring is 1. The predicted molar refractivity (Wildman–Crippen MR) is 70.7 cm³/mol. The molecular weight excluding hydrogens is 252 g/mol. The zero-order valence-electron chi connectivity index (χ0n) is 9.85. The van der Waals surface area contributed by atoms with Crippen LogP contribution in [0.2, 0.25) is 5.02 Å². The minimum Gasteiger partial charge on any atom is -0.437 e. The zero-order valence-corrected chi connectivity index (χ0v) is 10.6. The SMILES string of the molecule is CCc1cccc(Oc2nc(NN)ncc2Cl)c1. The summed E-state index contributed by atoms with van der Waals surface area (Å²) in [6.07, 6.45) is 2.37. The van der Waals surface area contributed by atoms with Crippen molar-refractivity contribution in [3.05, 3.63) is 41.0 Å². The van der Waals surface area contributed by atoms with E-state index in [2.05, 4.69) is 22.3 Å². The molecule has 1 aromatic carbocycles. The van der Waals surface area contributed by atoms with Crippen molar-refractivity contribution >= 4 is 17.5 Å². The summed E-state index contributed by atoms with van der Waals surface area (Å²) in [5, 5.41) is 0.330. The second-order valence-corrected chi connectivity index (χ2v) is 4.00. The molecule has 0 radical (unpaired) electrons. The number of nitrogens with zero attached hydrogens (tertiary/aromatic N) is 2. The van der Waals surface area contributed by atoms with Gasteiger partial charge in [0, 0.05) is 0 Å². The number of nitrogens with two attached hydrogens (primary N) is 1. The van der Waals surface area contributed by atoms with Gasteiger partial charge in [-0.3, -0.25) is 5.43 Å². The van der Waals surface area contributed by atoms with Crippen molar-refractivity contribution in [2.24, 2.45) is 5.84 Å². The molecule has 1 aromatic heterocycles. The van der Waals surface area contributed by atoms with Gasteiger partial charge in [0.25, 0.3) is 0 Å². The quantitative estimate of drug-likeness (QED) is 0.656. The minimum atomic E-state index is 0.251. The van der Waals surface area contributed by atoms with E-state index in [0.29, 0.717) is 10.8 Å². The predicted octanol–water partition coefficient (Wildman–Crippen LogP) is 2.77. The number of benzene rings is 1. The molecule has 5 nitrogen and oxygen atoms in total. The highest BCUT2D eigenvalue weighted by molar-refractivity contribution is 6.31. The van der Waals surface area contributed by atoms with Crippen molar-refractivity contribution < 1.29 is 4.74 Å². The van der Waals surface area contributed by atoms with Crippen LogP contribution in [0, 0.1) is 0 Å². The molecule has 0 amide bonds. The summed E-state index contributed by atoms with van der Waals surface area (Å²) in [6, 6.07) is 7.73. The van der Waals surface area contributed by atoms with Gasteiger partial charge in [0.2, 0.25) is 11.8 Å². The van der Waals surface area contributed by atoms with Gasteiger partial charge in [0.05, 0.1) is 6.20 Å². The van der Waals surface area contributed by atoms with Gasteiger partial charge in [-0.05, 0) is 24.1 Å². The number of rotatable bonds is 4. The van der Waals surface area contributed by atoms with Crippen molar-refractivity contribution in [2.75, 3.05) is 5.43 Å². The van der Waals surface area contributed by atoms with Gasteiger partial charge in [0.1, 0.15) is 10.8 Å². The van der Waals surface area contributed by atoms with Gasteiger partial charge in [0.15, 0.2) is 0 Å². The zero-order chi connectivity index (χ0) is 13.0. The van der Waals surface area contributed by atoms with E-state index >= 15 is 0 Å². The molecule has 2 rings (SSSR count). The highest BCUT2D eigenvalue weighted by Gasteiger charge is 2.07. The van der Waals surface area contributed by atoms with Crippen molar-refractivity contribution in [1.29, 1.82) is 0 Å². The van der Waals surface area contributed by atoms with Gasteiger partial charge in [-0.25, -0.2) is 10.8 Å². The monoisotopic (exact) mass is 264 g/mol. The largest absolute Gasteiger partial charge is 0.437 e. The van der Waals surface area contributed by atoms with Crippen LogP contribution in [0.1, 0.15) is 12.5 Å². The van der Waals surface area contributed by atoms with Gasteiger partial charge in [-0.2, -0.15) is 4.98 Å². The number of hydrogen-bond acceptors (Lipinski definition) is 5. The third-order valence-corrected chi connectivity index (χ3v) is 2.62. The van der Waals surface area contributed by atoms with Crippen molar-refractivity contribution in [3.63, 3.8) is 0 Å². The molecule has 6 heteroatoms. The van der Waals surface area contributed by atoms with E-state index in [0.717, 1.165) is 6.42 Å². The molecule has 0 fully saturated rings. The Morgan fingerprint density at radius 3 is 3.00 bits per heavy atom. The first-order valence-electron chi connectivity index (χ1n) is 5.49. The van der Waals surface area contributed by atoms with Crippen molar-refractivity contribution in [1.82, 2.24) is 9.97 Å². The maximum atomic E-state index is 5.96. The van der Waals surface area contributed by atoms with Crippen LogP contribution in [0.3, 0.4) is 0 Å². The summed E-state index contributed by atoms with van der Waals surface area (Å²) < 4.78 is 5.62. The van der Waals surface area contributed by atoms with Gasteiger partial charge in [-0.1, -0.05) is 30.7 Å². The average molecular weight is 265 g/mol. The Morgan fingerprint density at radius 2 is 2.28 bits per heavy atom.